The van der Waals surface area contributed by atoms with Gasteiger partial charge < -0.3 is 14.8 Å². The molecule has 3 aromatic rings. The predicted molar refractivity (Wildman–Crippen MR) is 114 cm³/mol. The molecule has 0 saturated heterocycles. The number of hydrogen-bond donors (Lipinski definition) is 2. The number of ether oxygens (including phenoxy) is 2. The number of rotatable bonds is 8. The lowest BCUT2D eigenvalue weighted by Gasteiger charge is -2.13. The van der Waals surface area contributed by atoms with Crippen LogP contribution in [-0.4, -0.2) is 33.4 Å². The van der Waals surface area contributed by atoms with Crippen molar-refractivity contribution in [3.63, 3.8) is 0 Å². The number of thioether (sulfide) groups is 1. The standard InChI is InChI=1S/C21H24N4O3S/c1-13-9-10-18(27-4)16(11-13)22-20(26)15(3)29-21-23-19(24-25-21)12-28-17-8-6-5-7-14(17)2/h5-11,15H,12H2,1-4H3,(H,22,26)(H,23,24,25)/t15-/m1/s1. The first-order chi connectivity index (χ1) is 14.0. The maximum atomic E-state index is 12.6. The molecule has 0 aliphatic rings. The van der Waals surface area contributed by atoms with E-state index in [4.69, 9.17) is 9.47 Å². The summed E-state index contributed by atoms with van der Waals surface area (Å²) in [6.07, 6.45) is 0. The average Bonchev–Trinajstić information content (AvgIpc) is 3.15. The predicted octanol–water partition coefficient (Wildman–Crippen LogP) is 4.13. The van der Waals surface area contributed by atoms with Crippen molar-refractivity contribution in [2.75, 3.05) is 12.4 Å². The molecule has 1 atom stereocenters. The van der Waals surface area contributed by atoms with Crippen LogP contribution in [-0.2, 0) is 11.4 Å². The summed E-state index contributed by atoms with van der Waals surface area (Å²) in [4.78, 5) is 17.0. The number of para-hydroxylation sites is 1. The smallest absolute Gasteiger partial charge is 0.237 e. The second-order valence-corrected chi connectivity index (χ2v) is 7.88. The Morgan fingerprint density at radius 3 is 2.76 bits per heavy atom. The van der Waals surface area contributed by atoms with Crippen molar-refractivity contribution in [3.8, 4) is 11.5 Å². The van der Waals surface area contributed by atoms with Crippen molar-refractivity contribution in [2.45, 2.75) is 37.8 Å². The molecule has 0 saturated carbocycles. The highest BCUT2D eigenvalue weighted by atomic mass is 32.2. The zero-order chi connectivity index (χ0) is 20.8. The van der Waals surface area contributed by atoms with Crippen LogP contribution in [0.3, 0.4) is 0 Å². The third-order valence-corrected chi connectivity index (χ3v) is 5.19. The van der Waals surface area contributed by atoms with Gasteiger partial charge in [0.25, 0.3) is 0 Å². The Bertz CT molecular complexity index is 990. The molecule has 3 rings (SSSR count). The van der Waals surface area contributed by atoms with Crippen molar-refractivity contribution in [3.05, 3.63) is 59.4 Å². The third kappa shape index (κ3) is 5.51. The molecule has 2 aromatic carbocycles. The maximum Gasteiger partial charge on any atom is 0.237 e. The molecule has 0 aliphatic heterocycles. The molecule has 1 heterocycles. The number of nitrogens with zero attached hydrogens (tertiary/aromatic N) is 2. The van der Waals surface area contributed by atoms with Crippen LogP contribution in [0.25, 0.3) is 0 Å². The summed E-state index contributed by atoms with van der Waals surface area (Å²) < 4.78 is 11.1. The van der Waals surface area contributed by atoms with Crippen LogP contribution in [0.2, 0.25) is 0 Å². The van der Waals surface area contributed by atoms with Gasteiger partial charge in [0.05, 0.1) is 18.0 Å². The lowest BCUT2D eigenvalue weighted by Crippen LogP contribution is -2.22. The summed E-state index contributed by atoms with van der Waals surface area (Å²) in [5.41, 5.74) is 2.74. The molecule has 1 aromatic heterocycles. The SMILES string of the molecule is COc1ccc(C)cc1NC(=O)[C@@H](C)Sc1n[nH]c(COc2ccccc2C)n1. The lowest BCUT2D eigenvalue weighted by molar-refractivity contribution is -0.115. The fraction of sp³-hybridized carbons (Fsp3) is 0.286. The van der Waals surface area contributed by atoms with Gasteiger partial charge in [-0.1, -0.05) is 36.0 Å². The molecule has 0 unspecified atom stereocenters. The highest BCUT2D eigenvalue weighted by Gasteiger charge is 2.19. The fourth-order valence-electron chi connectivity index (χ4n) is 2.63. The number of anilines is 1. The Kier molecular flexibility index (Phi) is 6.77. The number of aryl methyl sites for hydroxylation is 2. The lowest BCUT2D eigenvalue weighted by atomic mass is 10.2. The Morgan fingerprint density at radius 2 is 2.00 bits per heavy atom. The number of aromatic amines is 1. The highest BCUT2D eigenvalue weighted by molar-refractivity contribution is 8.00. The van der Waals surface area contributed by atoms with Crippen LogP contribution < -0.4 is 14.8 Å². The zero-order valence-electron chi connectivity index (χ0n) is 16.9. The second-order valence-electron chi connectivity index (χ2n) is 6.57. The number of carbonyl (C=O) groups is 1. The van der Waals surface area contributed by atoms with Crippen LogP contribution in [0.15, 0.2) is 47.6 Å². The molecule has 29 heavy (non-hydrogen) atoms. The van der Waals surface area contributed by atoms with E-state index in [0.717, 1.165) is 16.9 Å². The van der Waals surface area contributed by atoms with E-state index in [1.54, 1.807) is 7.11 Å². The molecule has 152 valence electrons. The Labute approximate surface area is 174 Å². The summed E-state index contributed by atoms with van der Waals surface area (Å²) in [5.74, 6) is 1.87. The molecule has 0 aliphatic carbocycles. The van der Waals surface area contributed by atoms with Gasteiger partial charge in [-0.25, -0.2) is 4.98 Å². The minimum atomic E-state index is -0.388. The number of hydrogen-bond acceptors (Lipinski definition) is 6. The van der Waals surface area contributed by atoms with E-state index in [1.165, 1.54) is 11.8 Å². The quantitative estimate of drug-likeness (QED) is 0.541. The van der Waals surface area contributed by atoms with Crippen LogP contribution in [0.4, 0.5) is 5.69 Å². The highest BCUT2D eigenvalue weighted by Crippen LogP contribution is 2.27. The molecule has 8 heteroatoms. The van der Waals surface area contributed by atoms with E-state index in [-0.39, 0.29) is 17.8 Å². The van der Waals surface area contributed by atoms with Gasteiger partial charge in [-0.15, -0.1) is 5.10 Å². The minimum Gasteiger partial charge on any atom is -0.495 e. The summed E-state index contributed by atoms with van der Waals surface area (Å²) in [6, 6.07) is 13.4. The van der Waals surface area contributed by atoms with E-state index in [9.17, 15) is 4.79 Å². The second kappa shape index (κ2) is 9.47. The zero-order valence-corrected chi connectivity index (χ0v) is 17.7. The molecular formula is C21H24N4O3S. The van der Waals surface area contributed by atoms with Gasteiger partial charge >= 0.3 is 0 Å². The molecule has 2 N–H and O–H groups in total. The molecule has 7 nitrogen and oxygen atoms in total. The molecule has 0 spiro atoms. The monoisotopic (exact) mass is 412 g/mol. The number of benzene rings is 2. The molecular weight excluding hydrogens is 388 g/mol. The van der Waals surface area contributed by atoms with E-state index >= 15 is 0 Å². The van der Waals surface area contributed by atoms with Gasteiger partial charge in [0, 0.05) is 0 Å². The largest absolute Gasteiger partial charge is 0.495 e. The van der Waals surface area contributed by atoms with Gasteiger partial charge in [-0.05, 0) is 50.1 Å². The van der Waals surface area contributed by atoms with Crippen LogP contribution >= 0.6 is 11.8 Å². The summed E-state index contributed by atoms with van der Waals surface area (Å²) in [5, 5.41) is 10.0. The van der Waals surface area contributed by atoms with Crippen LogP contribution in [0.1, 0.15) is 23.9 Å². The normalized spacial score (nSPS) is 11.7. The van der Waals surface area contributed by atoms with Gasteiger partial charge in [-0.2, -0.15) is 0 Å². The van der Waals surface area contributed by atoms with Gasteiger partial charge in [0.15, 0.2) is 5.82 Å². The van der Waals surface area contributed by atoms with E-state index in [1.807, 2.05) is 63.2 Å². The third-order valence-electron chi connectivity index (χ3n) is 4.23. The van der Waals surface area contributed by atoms with Crippen molar-refractivity contribution in [1.29, 1.82) is 0 Å². The molecule has 1 amide bonds. The Balaban J connectivity index is 1.57. The summed E-state index contributed by atoms with van der Waals surface area (Å²) in [7, 11) is 1.58. The maximum absolute atomic E-state index is 12.6. The van der Waals surface area contributed by atoms with E-state index in [2.05, 4.69) is 20.5 Å². The van der Waals surface area contributed by atoms with E-state index < -0.39 is 0 Å². The minimum absolute atomic E-state index is 0.151. The number of methoxy groups -OCH3 is 1. The first-order valence-corrected chi connectivity index (χ1v) is 10.1. The fourth-order valence-corrected chi connectivity index (χ4v) is 3.37. The number of H-pyrrole nitrogens is 1. The molecule has 0 radical (unpaired) electrons. The topological polar surface area (TPSA) is 89.1 Å². The number of nitrogens with one attached hydrogen (secondary N) is 2. The van der Waals surface area contributed by atoms with Gasteiger partial charge in [-0.3, -0.25) is 9.89 Å². The molecule has 0 fully saturated rings. The Hall–Kier alpha value is -3.00. The number of amides is 1. The van der Waals surface area contributed by atoms with Crippen molar-refractivity contribution in [2.24, 2.45) is 0 Å². The summed E-state index contributed by atoms with van der Waals surface area (Å²) in [6.45, 7) is 6.03. The van der Waals surface area contributed by atoms with Crippen LogP contribution in [0.5, 0.6) is 11.5 Å². The van der Waals surface area contributed by atoms with Crippen molar-refractivity contribution < 1.29 is 14.3 Å². The summed E-state index contributed by atoms with van der Waals surface area (Å²) >= 11 is 1.27. The first-order valence-electron chi connectivity index (χ1n) is 9.18. The number of aromatic nitrogens is 3. The average molecular weight is 413 g/mol. The van der Waals surface area contributed by atoms with E-state index in [0.29, 0.717) is 22.4 Å². The molecule has 0 bridgehead atoms. The first kappa shape index (κ1) is 20.7. The van der Waals surface area contributed by atoms with Gasteiger partial charge in [0.2, 0.25) is 11.1 Å². The number of carbonyl (C=O) groups excluding carboxylic acids is 1. The Morgan fingerprint density at radius 1 is 1.21 bits per heavy atom. The van der Waals surface area contributed by atoms with Gasteiger partial charge in [0.1, 0.15) is 18.1 Å². The van der Waals surface area contributed by atoms with Crippen molar-refractivity contribution in [1.82, 2.24) is 15.2 Å². The van der Waals surface area contributed by atoms with Crippen molar-refractivity contribution >= 4 is 23.4 Å². The van der Waals surface area contributed by atoms with Crippen LogP contribution in [0, 0.1) is 13.8 Å².